The fourth-order valence-electron chi connectivity index (χ4n) is 4.79. The van der Waals surface area contributed by atoms with Crippen LogP contribution in [0.25, 0.3) is 10.2 Å². The van der Waals surface area contributed by atoms with Crippen LogP contribution < -0.4 is 0 Å². The summed E-state index contributed by atoms with van der Waals surface area (Å²) in [6.45, 7) is 0.418. The molecule has 0 atom stereocenters. The van der Waals surface area contributed by atoms with Gasteiger partial charge in [0.1, 0.15) is 0 Å². The fourth-order valence-corrected chi connectivity index (χ4v) is 7.09. The third-order valence-corrected chi connectivity index (χ3v) is 9.30. The van der Waals surface area contributed by atoms with Gasteiger partial charge in [0.05, 0.1) is 32.0 Å². The normalized spacial score (nSPS) is 15.8. The van der Waals surface area contributed by atoms with E-state index in [2.05, 4.69) is 4.98 Å². The molecule has 0 radical (unpaired) electrons. The lowest BCUT2D eigenvalue weighted by molar-refractivity contribution is -0.0239. The number of carbonyl (C=O) groups excluding carboxylic acids is 1. The number of sulfone groups is 1. The molecular weight excluding hydrogens is 518 g/mol. The zero-order chi connectivity index (χ0) is 26.2. The van der Waals surface area contributed by atoms with Gasteiger partial charge < -0.3 is 10.0 Å². The Morgan fingerprint density at radius 1 is 1.03 bits per heavy atom. The number of nitrogens with zero attached hydrogens (tertiary/aromatic N) is 2. The molecule has 1 fully saturated rings. The Morgan fingerprint density at radius 3 is 2.43 bits per heavy atom. The van der Waals surface area contributed by atoms with Crippen molar-refractivity contribution in [2.45, 2.75) is 35.5 Å². The molecule has 1 amide bonds. The molecule has 6 nitrogen and oxygen atoms in total. The molecule has 10 heteroatoms. The largest absolute Gasteiger partial charge is 0.385 e. The number of para-hydroxylation sites is 1. The summed E-state index contributed by atoms with van der Waals surface area (Å²) in [6, 6.07) is 17.4. The van der Waals surface area contributed by atoms with Crippen LogP contribution in [0.4, 0.5) is 8.78 Å². The summed E-state index contributed by atoms with van der Waals surface area (Å²) in [6.07, 6.45) is -2.42. The van der Waals surface area contributed by atoms with Gasteiger partial charge in [0, 0.05) is 24.2 Å². The first-order valence-corrected chi connectivity index (χ1v) is 14.2. The van der Waals surface area contributed by atoms with Crippen LogP contribution >= 0.6 is 11.3 Å². The Balaban J connectivity index is 1.27. The highest BCUT2D eigenvalue weighted by Crippen LogP contribution is 2.38. The van der Waals surface area contributed by atoms with Crippen molar-refractivity contribution in [3.63, 3.8) is 0 Å². The number of hydrogen-bond donors (Lipinski definition) is 1. The molecular formula is C27H24F2N2O4S2. The summed E-state index contributed by atoms with van der Waals surface area (Å²) in [5.41, 5.74) is 1.59. The zero-order valence-electron chi connectivity index (χ0n) is 19.7. The second-order valence-corrected chi connectivity index (χ2v) is 12.0. The molecule has 0 spiro atoms. The quantitative estimate of drug-likeness (QED) is 0.356. The van der Waals surface area contributed by atoms with Gasteiger partial charge in [0.15, 0.2) is 9.84 Å². The molecule has 1 aliphatic rings. The van der Waals surface area contributed by atoms with Crippen molar-refractivity contribution >= 4 is 37.3 Å². The summed E-state index contributed by atoms with van der Waals surface area (Å²) in [4.78, 5) is 19.0. The lowest BCUT2D eigenvalue weighted by Crippen LogP contribution is -2.45. The number of thiazole rings is 1. The van der Waals surface area contributed by atoms with Crippen LogP contribution in [0.5, 0.6) is 0 Å². The number of aromatic nitrogens is 1. The number of rotatable bonds is 6. The maximum absolute atomic E-state index is 13.4. The van der Waals surface area contributed by atoms with Crippen LogP contribution in [0.1, 0.15) is 46.3 Å². The minimum Gasteiger partial charge on any atom is -0.385 e. The Kier molecular flexibility index (Phi) is 6.82. The van der Waals surface area contributed by atoms with Gasteiger partial charge in [0.2, 0.25) is 0 Å². The topological polar surface area (TPSA) is 87.6 Å². The molecule has 1 N–H and O–H groups in total. The molecule has 0 aliphatic carbocycles. The lowest BCUT2D eigenvalue weighted by atomic mass is 9.82. The van der Waals surface area contributed by atoms with Gasteiger partial charge >= 0.3 is 0 Å². The first-order chi connectivity index (χ1) is 17.7. The van der Waals surface area contributed by atoms with Crippen LogP contribution in [0.15, 0.2) is 77.1 Å². The molecule has 3 aromatic carbocycles. The van der Waals surface area contributed by atoms with E-state index in [1.165, 1.54) is 29.5 Å². The highest BCUT2D eigenvalue weighted by molar-refractivity contribution is 7.90. The number of likely N-dealkylation sites (tertiary alicyclic amines) is 1. The van der Waals surface area contributed by atoms with Crippen molar-refractivity contribution in [2.24, 2.45) is 0 Å². The van der Waals surface area contributed by atoms with Crippen molar-refractivity contribution < 1.29 is 27.1 Å². The predicted molar refractivity (Wildman–Crippen MR) is 137 cm³/mol. The summed E-state index contributed by atoms with van der Waals surface area (Å²) in [5.74, 6) is -0.482. The number of hydrogen-bond acceptors (Lipinski definition) is 6. The third kappa shape index (κ3) is 5.01. The average Bonchev–Trinajstić information content (AvgIpc) is 3.38. The number of amides is 1. The molecule has 4 aromatic rings. The number of aliphatic hydroxyl groups is 1. The number of carbonyl (C=O) groups is 1. The van der Waals surface area contributed by atoms with E-state index in [1.807, 2.05) is 6.07 Å². The first-order valence-electron chi connectivity index (χ1n) is 11.7. The minimum atomic E-state index is -3.64. The number of benzene rings is 3. The van der Waals surface area contributed by atoms with E-state index in [0.717, 1.165) is 4.70 Å². The second kappa shape index (κ2) is 9.92. The van der Waals surface area contributed by atoms with E-state index in [-0.39, 0.29) is 53.6 Å². The van der Waals surface area contributed by atoms with Crippen molar-refractivity contribution in [3.8, 4) is 0 Å². The van der Waals surface area contributed by atoms with Crippen molar-refractivity contribution in [1.29, 1.82) is 0 Å². The van der Waals surface area contributed by atoms with E-state index >= 15 is 0 Å². The predicted octanol–water partition coefficient (Wildman–Crippen LogP) is 5.33. The highest BCUT2D eigenvalue weighted by atomic mass is 32.2. The molecule has 0 saturated carbocycles. The molecule has 2 heterocycles. The second-order valence-electron chi connectivity index (χ2n) is 9.12. The Morgan fingerprint density at radius 2 is 1.73 bits per heavy atom. The zero-order valence-corrected chi connectivity index (χ0v) is 21.3. The fraction of sp³-hybridized carbons (Fsp3) is 0.259. The average molecular weight is 543 g/mol. The monoisotopic (exact) mass is 542 g/mol. The summed E-state index contributed by atoms with van der Waals surface area (Å²) >= 11 is 1.38. The number of alkyl halides is 2. The summed E-state index contributed by atoms with van der Waals surface area (Å²) in [5, 5.41) is 11.1. The van der Waals surface area contributed by atoms with Gasteiger partial charge in [-0.25, -0.2) is 22.2 Å². The van der Waals surface area contributed by atoms with Gasteiger partial charge in [-0.1, -0.05) is 42.5 Å². The minimum absolute atomic E-state index is 0.140. The molecule has 1 aliphatic heterocycles. The van der Waals surface area contributed by atoms with Crippen molar-refractivity contribution in [3.05, 3.63) is 94.5 Å². The maximum Gasteiger partial charge on any atom is 0.264 e. The van der Waals surface area contributed by atoms with Crippen LogP contribution in [-0.2, 0) is 21.2 Å². The molecule has 1 saturated heterocycles. The Hall–Kier alpha value is -3.21. The van der Waals surface area contributed by atoms with Gasteiger partial charge in [-0.2, -0.15) is 0 Å². The van der Waals surface area contributed by atoms with Crippen molar-refractivity contribution in [2.75, 3.05) is 13.1 Å². The van der Waals surface area contributed by atoms with E-state index in [9.17, 15) is 27.1 Å². The molecule has 37 heavy (non-hydrogen) atoms. The molecule has 192 valence electrons. The smallest absolute Gasteiger partial charge is 0.264 e. The van der Waals surface area contributed by atoms with Crippen molar-refractivity contribution in [1.82, 2.24) is 9.88 Å². The van der Waals surface area contributed by atoms with Gasteiger partial charge in [-0.05, 0) is 48.2 Å². The molecule has 5 rings (SSSR count). The van der Waals surface area contributed by atoms with Gasteiger partial charge in [-0.3, -0.25) is 4.79 Å². The van der Waals surface area contributed by atoms with E-state index < -0.39 is 21.9 Å². The van der Waals surface area contributed by atoms with Crippen LogP contribution in [0, 0.1) is 0 Å². The van der Waals surface area contributed by atoms with E-state index in [1.54, 1.807) is 52.9 Å². The standard InChI is InChI=1S/C27H24F2N2O4S2/c28-25(29)20-4-1-2-5-21(20)27(33)12-14-31(15-13-27)26(32)19-10-8-18(9-11-19)16-37(34,35)23-7-3-6-22-24(23)30-17-36-22/h1-11,17,25,33H,12-16H2. The maximum atomic E-state index is 13.4. The summed E-state index contributed by atoms with van der Waals surface area (Å²) < 4.78 is 53.8. The Bertz CT molecular complexity index is 1540. The molecule has 1 aromatic heterocycles. The van der Waals surface area contributed by atoms with E-state index in [4.69, 9.17) is 0 Å². The lowest BCUT2D eigenvalue weighted by Gasteiger charge is -2.39. The van der Waals surface area contributed by atoms with Gasteiger partial charge in [0.25, 0.3) is 12.3 Å². The SMILES string of the molecule is O=C(c1ccc(CS(=O)(=O)c2cccc3scnc23)cc1)N1CCC(O)(c2ccccc2C(F)F)CC1. The number of halogens is 2. The highest BCUT2D eigenvalue weighted by Gasteiger charge is 2.38. The number of piperidine rings is 1. The van der Waals surface area contributed by atoms with Gasteiger partial charge in [-0.15, -0.1) is 11.3 Å². The number of fused-ring (bicyclic) bond motifs is 1. The first kappa shape index (κ1) is 25.4. The molecule has 0 unspecified atom stereocenters. The van der Waals surface area contributed by atoms with E-state index in [0.29, 0.717) is 16.6 Å². The molecule has 0 bridgehead atoms. The summed E-state index contributed by atoms with van der Waals surface area (Å²) in [7, 11) is -3.64. The van der Waals surface area contributed by atoms with Crippen LogP contribution in [0.3, 0.4) is 0 Å². The third-order valence-electron chi connectivity index (χ3n) is 6.79. The van der Waals surface area contributed by atoms with Crippen LogP contribution in [-0.4, -0.2) is 42.4 Å². The van der Waals surface area contributed by atoms with Crippen LogP contribution in [0.2, 0.25) is 0 Å². The Labute approximate surface area is 217 Å².